The van der Waals surface area contributed by atoms with Gasteiger partial charge in [-0.05, 0) is 55.7 Å². The second kappa shape index (κ2) is 4.72. The lowest BCUT2D eigenvalue weighted by Crippen LogP contribution is -2.06. The van der Waals surface area contributed by atoms with Crippen molar-refractivity contribution in [2.24, 2.45) is 5.73 Å². The zero-order valence-electron chi connectivity index (χ0n) is 12.0. The number of benzene rings is 1. The Hall–Kier alpha value is -2.20. The zero-order chi connectivity index (χ0) is 14.3. The van der Waals surface area contributed by atoms with Crippen molar-refractivity contribution in [1.82, 2.24) is 14.5 Å². The summed E-state index contributed by atoms with van der Waals surface area (Å²) in [5.41, 5.74) is 11.5. The van der Waals surface area contributed by atoms with E-state index in [0.717, 1.165) is 22.4 Å². The summed E-state index contributed by atoms with van der Waals surface area (Å²) in [6.07, 6.45) is 3.64. The van der Waals surface area contributed by atoms with E-state index in [1.807, 2.05) is 36.1 Å². The maximum Gasteiger partial charge on any atom is 0.138 e. The number of imidazole rings is 1. The first-order valence-corrected chi connectivity index (χ1v) is 6.72. The summed E-state index contributed by atoms with van der Waals surface area (Å²) in [6, 6.07) is 8.26. The fourth-order valence-corrected chi connectivity index (χ4v) is 2.26. The van der Waals surface area contributed by atoms with Gasteiger partial charge in [-0.25, -0.2) is 9.97 Å². The third-order valence-electron chi connectivity index (χ3n) is 3.71. The van der Waals surface area contributed by atoms with Gasteiger partial charge < -0.3 is 5.73 Å². The lowest BCUT2D eigenvalue weighted by atomic mass is 10.1. The average Bonchev–Trinajstić information content (AvgIpc) is 2.82. The van der Waals surface area contributed by atoms with Gasteiger partial charge in [0.05, 0.1) is 11.0 Å². The van der Waals surface area contributed by atoms with Gasteiger partial charge in [0, 0.05) is 12.2 Å². The molecule has 3 aromatic rings. The Balaban J connectivity index is 2.12. The first-order valence-electron chi connectivity index (χ1n) is 6.72. The average molecular weight is 266 g/mol. The van der Waals surface area contributed by atoms with Crippen molar-refractivity contribution < 1.29 is 0 Å². The lowest BCUT2D eigenvalue weighted by Gasteiger charge is -2.08. The van der Waals surface area contributed by atoms with E-state index in [-0.39, 0.29) is 6.04 Å². The van der Waals surface area contributed by atoms with Gasteiger partial charge in [-0.3, -0.25) is 4.57 Å². The van der Waals surface area contributed by atoms with Crippen molar-refractivity contribution in [2.75, 3.05) is 0 Å². The van der Waals surface area contributed by atoms with E-state index in [1.165, 1.54) is 11.1 Å². The number of fused-ring (bicyclic) bond motifs is 1. The van der Waals surface area contributed by atoms with Crippen molar-refractivity contribution in [3.63, 3.8) is 0 Å². The molecular weight excluding hydrogens is 248 g/mol. The van der Waals surface area contributed by atoms with Crippen LogP contribution in [0.25, 0.3) is 16.9 Å². The van der Waals surface area contributed by atoms with Crippen LogP contribution in [0, 0.1) is 13.8 Å². The van der Waals surface area contributed by atoms with Crippen molar-refractivity contribution >= 4 is 11.0 Å². The van der Waals surface area contributed by atoms with Gasteiger partial charge in [0.1, 0.15) is 12.1 Å². The van der Waals surface area contributed by atoms with E-state index in [9.17, 15) is 0 Å². The second-order valence-electron chi connectivity index (χ2n) is 5.28. The van der Waals surface area contributed by atoms with Crippen molar-refractivity contribution in [2.45, 2.75) is 26.8 Å². The molecule has 0 radical (unpaired) electrons. The molecular formula is C16H18N4. The second-order valence-corrected chi connectivity index (χ2v) is 5.28. The molecule has 0 aliphatic rings. The summed E-state index contributed by atoms with van der Waals surface area (Å²) >= 11 is 0. The Morgan fingerprint density at radius 3 is 2.50 bits per heavy atom. The molecule has 0 saturated carbocycles. The molecule has 1 aromatic carbocycles. The van der Waals surface area contributed by atoms with E-state index in [2.05, 4.69) is 35.9 Å². The van der Waals surface area contributed by atoms with Crippen LogP contribution in [-0.4, -0.2) is 14.5 Å². The first kappa shape index (κ1) is 12.8. The lowest BCUT2D eigenvalue weighted by molar-refractivity contribution is 0.808. The minimum atomic E-state index is 0.000903. The molecule has 0 amide bonds. The van der Waals surface area contributed by atoms with Crippen LogP contribution in [0.3, 0.4) is 0 Å². The molecule has 20 heavy (non-hydrogen) atoms. The van der Waals surface area contributed by atoms with E-state index >= 15 is 0 Å². The van der Waals surface area contributed by atoms with Gasteiger partial charge in [0.15, 0.2) is 0 Å². The minimum Gasteiger partial charge on any atom is -0.324 e. The minimum absolute atomic E-state index is 0.000903. The van der Waals surface area contributed by atoms with Crippen molar-refractivity contribution in [3.8, 4) is 5.82 Å². The molecule has 0 aliphatic heterocycles. The molecule has 0 saturated heterocycles. The standard InChI is InChI=1S/C16H18N4/c1-10-6-14-15(7-11(10)2)20(9-19-14)16-5-4-13(8-18-16)12(3)17/h4-9,12H,17H2,1-3H3. The molecule has 3 rings (SSSR count). The van der Waals surface area contributed by atoms with E-state index in [1.54, 1.807) is 0 Å². The van der Waals surface area contributed by atoms with E-state index < -0.39 is 0 Å². The molecule has 2 aromatic heterocycles. The Kier molecular flexibility index (Phi) is 3.03. The summed E-state index contributed by atoms with van der Waals surface area (Å²) < 4.78 is 2.01. The SMILES string of the molecule is Cc1cc2ncn(-c3ccc(C(C)N)cn3)c2cc1C. The predicted octanol–water partition coefficient (Wildman–Crippen LogP) is 3.06. The highest BCUT2D eigenvalue weighted by molar-refractivity contribution is 5.78. The fraction of sp³-hybridized carbons (Fsp3) is 0.250. The van der Waals surface area contributed by atoms with Crippen LogP contribution in [0.2, 0.25) is 0 Å². The molecule has 0 bridgehead atoms. The Bertz CT molecular complexity index is 754. The molecule has 0 aliphatic carbocycles. The molecule has 1 atom stereocenters. The highest BCUT2D eigenvalue weighted by Crippen LogP contribution is 2.21. The molecule has 102 valence electrons. The highest BCUT2D eigenvalue weighted by atomic mass is 15.1. The van der Waals surface area contributed by atoms with Crippen molar-refractivity contribution in [3.05, 3.63) is 53.5 Å². The molecule has 0 fully saturated rings. The molecule has 4 heteroatoms. The van der Waals surface area contributed by atoms with Gasteiger partial charge in [-0.15, -0.1) is 0 Å². The predicted molar refractivity (Wildman–Crippen MR) is 80.9 cm³/mol. The number of rotatable bonds is 2. The van der Waals surface area contributed by atoms with Crippen LogP contribution in [0.4, 0.5) is 0 Å². The molecule has 0 spiro atoms. The molecule has 2 N–H and O–H groups in total. The smallest absolute Gasteiger partial charge is 0.138 e. The van der Waals surface area contributed by atoms with Gasteiger partial charge in [-0.2, -0.15) is 0 Å². The molecule has 1 unspecified atom stereocenters. The normalized spacial score (nSPS) is 12.8. The van der Waals surface area contributed by atoms with E-state index in [4.69, 9.17) is 5.73 Å². The summed E-state index contributed by atoms with van der Waals surface area (Å²) in [4.78, 5) is 8.94. The van der Waals surface area contributed by atoms with E-state index in [0.29, 0.717) is 0 Å². The van der Waals surface area contributed by atoms with Gasteiger partial charge in [-0.1, -0.05) is 6.07 Å². The Labute approximate surface area is 118 Å². The third-order valence-corrected chi connectivity index (χ3v) is 3.71. The van der Waals surface area contributed by atoms with Crippen LogP contribution < -0.4 is 5.73 Å². The Morgan fingerprint density at radius 2 is 1.85 bits per heavy atom. The summed E-state index contributed by atoms with van der Waals surface area (Å²) in [5, 5.41) is 0. The zero-order valence-corrected chi connectivity index (χ0v) is 12.0. The van der Waals surface area contributed by atoms with Crippen LogP contribution in [0.1, 0.15) is 29.7 Å². The van der Waals surface area contributed by atoms with Gasteiger partial charge in [0.25, 0.3) is 0 Å². The van der Waals surface area contributed by atoms with Gasteiger partial charge in [0.2, 0.25) is 0 Å². The summed E-state index contributed by atoms with van der Waals surface area (Å²) in [7, 11) is 0. The molecule has 2 heterocycles. The van der Waals surface area contributed by atoms with Crippen molar-refractivity contribution in [1.29, 1.82) is 0 Å². The third kappa shape index (κ3) is 2.08. The number of hydrogen-bond donors (Lipinski definition) is 1. The Morgan fingerprint density at radius 1 is 1.10 bits per heavy atom. The topological polar surface area (TPSA) is 56.7 Å². The number of aryl methyl sites for hydroxylation is 2. The van der Waals surface area contributed by atoms with Crippen LogP contribution in [-0.2, 0) is 0 Å². The summed E-state index contributed by atoms with van der Waals surface area (Å²) in [5.74, 6) is 0.861. The number of hydrogen-bond acceptors (Lipinski definition) is 3. The number of pyridine rings is 1. The fourth-order valence-electron chi connectivity index (χ4n) is 2.26. The quantitative estimate of drug-likeness (QED) is 0.775. The van der Waals surface area contributed by atoms with Crippen LogP contribution >= 0.6 is 0 Å². The highest BCUT2D eigenvalue weighted by Gasteiger charge is 2.08. The molecule has 4 nitrogen and oxygen atoms in total. The van der Waals surface area contributed by atoms with Gasteiger partial charge >= 0.3 is 0 Å². The number of nitrogens with two attached hydrogens (primary N) is 1. The number of aromatic nitrogens is 3. The largest absolute Gasteiger partial charge is 0.324 e. The monoisotopic (exact) mass is 266 g/mol. The first-order chi connectivity index (χ1) is 9.56. The maximum absolute atomic E-state index is 5.85. The maximum atomic E-state index is 5.85. The number of nitrogens with zero attached hydrogens (tertiary/aromatic N) is 3. The van der Waals surface area contributed by atoms with Crippen LogP contribution in [0.5, 0.6) is 0 Å². The summed E-state index contributed by atoms with van der Waals surface area (Å²) in [6.45, 7) is 6.16. The van der Waals surface area contributed by atoms with Crippen LogP contribution in [0.15, 0.2) is 36.8 Å².